The van der Waals surface area contributed by atoms with Crippen molar-refractivity contribution in [1.29, 1.82) is 0 Å². The van der Waals surface area contributed by atoms with Gasteiger partial charge in [-0.2, -0.15) is 0 Å². The highest BCUT2D eigenvalue weighted by Crippen LogP contribution is 2.29. The number of hydrogen-bond donors (Lipinski definition) is 3. The number of ether oxygens (including phenoxy) is 2. The van der Waals surface area contributed by atoms with Gasteiger partial charge in [-0.05, 0) is 43.3 Å². The Morgan fingerprint density at radius 2 is 1.65 bits per heavy atom. The molecule has 3 heterocycles. The Bertz CT molecular complexity index is 982. The van der Waals surface area contributed by atoms with Gasteiger partial charge in [-0.25, -0.2) is 9.97 Å². The fourth-order valence-corrected chi connectivity index (χ4v) is 5.39. The normalized spacial score (nSPS) is 26.6. The van der Waals surface area contributed by atoms with Crippen molar-refractivity contribution in [2.45, 2.75) is 62.4 Å². The van der Waals surface area contributed by atoms with Crippen molar-refractivity contribution >= 4 is 29.0 Å². The van der Waals surface area contributed by atoms with Gasteiger partial charge in [0.15, 0.2) is 5.11 Å². The molecule has 9 heteroatoms. The predicted molar refractivity (Wildman–Crippen MR) is 138 cm³/mol. The summed E-state index contributed by atoms with van der Waals surface area (Å²) < 4.78 is 12.2. The zero-order chi connectivity index (χ0) is 23.5. The van der Waals surface area contributed by atoms with Crippen LogP contribution in [0, 0.1) is 0 Å². The van der Waals surface area contributed by atoms with Crippen LogP contribution >= 0.6 is 12.2 Å². The van der Waals surface area contributed by atoms with Crippen molar-refractivity contribution in [3.05, 3.63) is 36.5 Å². The molecular weight excluding hydrogens is 448 g/mol. The van der Waals surface area contributed by atoms with Crippen molar-refractivity contribution in [3.63, 3.8) is 0 Å². The van der Waals surface area contributed by atoms with Gasteiger partial charge in [0.1, 0.15) is 12.2 Å². The molecule has 4 unspecified atom stereocenters. The average molecular weight is 483 g/mol. The van der Waals surface area contributed by atoms with E-state index < -0.39 is 0 Å². The average Bonchev–Trinajstić information content (AvgIpc) is 3.43. The molecule has 3 aliphatic rings. The number of hydrogen-bond acceptors (Lipinski definition) is 7. The summed E-state index contributed by atoms with van der Waals surface area (Å²) in [6.45, 7) is 1.11. The number of nitrogens with one attached hydrogen (secondary N) is 3. The highest BCUT2D eigenvalue weighted by molar-refractivity contribution is 7.80. The molecule has 8 nitrogen and oxygen atoms in total. The third kappa shape index (κ3) is 5.26. The van der Waals surface area contributed by atoms with E-state index in [-0.39, 0.29) is 24.3 Å². The molecule has 0 bridgehead atoms. The van der Waals surface area contributed by atoms with Crippen LogP contribution in [0.2, 0.25) is 0 Å². The van der Waals surface area contributed by atoms with E-state index in [4.69, 9.17) is 26.7 Å². The number of benzene rings is 1. The zero-order valence-corrected chi connectivity index (χ0v) is 20.7. The van der Waals surface area contributed by atoms with Gasteiger partial charge in [0.25, 0.3) is 0 Å². The molecule has 34 heavy (non-hydrogen) atoms. The van der Waals surface area contributed by atoms with Gasteiger partial charge >= 0.3 is 0 Å². The predicted octanol–water partition coefficient (Wildman–Crippen LogP) is 2.95. The number of anilines is 2. The Labute approximate surface area is 206 Å². The van der Waals surface area contributed by atoms with Gasteiger partial charge in [0, 0.05) is 37.6 Å². The third-order valence-electron chi connectivity index (χ3n) is 6.96. The molecule has 4 atom stereocenters. The Balaban J connectivity index is 1.17. The molecule has 2 aromatic rings. The molecule has 0 amide bonds. The summed E-state index contributed by atoms with van der Waals surface area (Å²) in [5.74, 6) is 0.581. The molecule has 0 radical (unpaired) electrons. The van der Waals surface area contributed by atoms with E-state index in [2.05, 4.69) is 50.1 Å². The zero-order valence-electron chi connectivity index (χ0n) is 19.9. The maximum Gasteiger partial charge on any atom is 0.223 e. The van der Waals surface area contributed by atoms with E-state index in [1.807, 2.05) is 20.2 Å². The topological polar surface area (TPSA) is 83.6 Å². The third-order valence-corrected chi connectivity index (χ3v) is 7.20. The maximum absolute atomic E-state index is 6.12. The summed E-state index contributed by atoms with van der Waals surface area (Å²) in [7, 11) is 4.06. The van der Waals surface area contributed by atoms with E-state index in [1.54, 1.807) is 6.20 Å². The fraction of sp³-hybridized carbons (Fsp3) is 0.560. The molecule has 1 aromatic carbocycles. The minimum absolute atomic E-state index is 0.0111. The van der Waals surface area contributed by atoms with Gasteiger partial charge in [-0.1, -0.05) is 31.4 Å². The van der Waals surface area contributed by atoms with Crippen molar-refractivity contribution in [3.8, 4) is 11.3 Å². The summed E-state index contributed by atoms with van der Waals surface area (Å²) in [5.41, 5.74) is 3.08. The molecule has 5 rings (SSSR count). The summed E-state index contributed by atoms with van der Waals surface area (Å²) >= 11 is 5.58. The highest BCUT2D eigenvalue weighted by atomic mass is 32.1. The second kappa shape index (κ2) is 10.4. The van der Waals surface area contributed by atoms with E-state index in [9.17, 15) is 0 Å². The highest BCUT2D eigenvalue weighted by Gasteiger charge is 2.48. The quantitative estimate of drug-likeness (QED) is 0.538. The Hall–Kier alpha value is -2.49. The Kier molecular flexibility index (Phi) is 7.12. The number of thiocarbonyl (C=S) groups is 1. The van der Waals surface area contributed by atoms with Crippen molar-refractivity contribution in [2.24, 2.45) is 0 Å². The molecule has 0 spiro atoms. The van der Waals surface area contributed by atoms with Crippen LogP contribution in [0.5, 0.6) is 0 Å². The molecule has 2 saturated heterocycles. The first-order valence-corrected chi connectivity index (χ1v) is 12.7. The number of rotatable bonds is 6. The Morgan fingerprint density at radius 1 is 0.941 bits per heavy atom. The van der Waals surface area contributed by atoms with Crippen molar-refractivity contribution < 1.29 is 9.47 Å². The molecule has 182 valence electrons. The van der Waals surface area contributed by atoms with E-state index in [1.165, 1.54) is 32.1 Å². The smallest absolute Gasteiger partial charge is 0.223 e. The van der Waals surface area contributed by atoms with Gasteiger partial charge in [0.2, 0.25) is 5.95 Å². The lowest BCUT2D eigenvalue weighted by molar-refractivity contribution is 0.0688. The van der Waals surface area contributed by atoms with Crippen LogP contribution < -0.4 is 20.9 Å². The second-order valence-corrected chi connectivity index (χ2v) is 10.0. The van der Waals surface area contributed by atoms with Crippen LogP contribution in [0.15, 0.2) is 36.5 Å². The molecule has 2 aliphatic heterocycles. The van der Waals surface area contributed by atoms with Gasteiger partial charge in [-0.15, -0.1) is 0 Å². The second-order valence-electron chi connectivity index (χ2n) is 9.61. The van der Waals surface area contributed by atoms with E-state index >= 15 is 0 Å². The fourth-order valence-electron chi connectivity index (χ4n) is 5.07. The van der Waals surface area contributed by atoms with Gasteiger partial charge in [-0.3, -0.25) is 0 Å². The lowest BCUT2D eigenvalue weighted by Gasteiger charge is -2.26. The first-order chi connectivity index (χ1) is 16.6. The molecular formula is C25H34N6O2S. The number of fused-ring (bicyclic) bond motifs is 1. The maximum atomic E-state index is 6.12. The Morgan fingerprint density at radius 3 is 2.38 bits per heavy atom. The monoisotopic (exact) mass is 482 g/mol. The molecule has 3 fully saturated rings. The van der Waals surface area contributed by atoms with Crippen LogP contribution in [0.1, 0.15) is 32.1 Å². The standard InChI is InChI=1S/C25H34N6O2S/c1-31(2)18-10-8-16(9-11-18)19-12-13-26-24(28-19)29-20-14-32-23-21(15-33-22(20)23)30-25(34)27-17-6-4-3-5-7-17/h8-13,17,20-23H,3-7,14-15H2,1-2H3,(H,26,28,29)(H2,27,30,34). The lowest BCUT2D eigenvalue weighted by atomic mass is 9.96. The minimum atomic E-state index is -0.0680. The SMILES string of the molecule is CN(C)c1ccc(-c2ccnc(NC3COC4C(NC(=S)NC5CCCCC5)COC34)n2)cc1. The van der Waals surface area contributed by atoms with Crippen LogP contribution in [-0.2, 0) is 9.47 Å². The summed E-state index contributed by atoms with van der Waals surface area (Å²) in [6.07, 6.45) is 7.93. The number of nitrogens with zero attached hydrogens (tertiary/aromatic N) is 3. The van der Waals surface area contributed by atoms with Crippen LogP contribution in [0.4, 0.5) is 11.6 Å². The van der Waals surface area contributed by atoms with Gasteiger partial charge < -0.3 is 30.3 Å². The largest absolute Gasteiger partial charge is 0.378 e. The summed E-state index contributed by atoms with van der Waals surface area (Å²) in [5, 5.41) is 11.1. The summed E-state index contributed by atoms with van der Waals surface area (Å²) in [6, 6.07) is 10.8. The first kappa shape index (κ1) is 23.3. The van der Waals surface area contributed by atoms with Gasteiger partial charge in [0.05, 0.1) is 31.0 Å². The van der Waals surface area contributed by atoms with E-state index in [0.717, 1.165) is 16.9 Å². The summed E-state index contributed by atoms with van der Waals surface area (Å²) in [4.78, 5) is 11.2. The molecule has 3 N–H and O–H groups in total. The minimum Gasteiger partial charge on any atom is -0.378 e. The first-order valence-electron chi connectivity index (χ1n) is 12.2. The molecule has 1 aliphatic carbocycles. The van der Waals surface area contributed by atoms with E-state index in [0.29, 0.717) is 30.3 Å². The van der Waals surface area contributed by atoms with Crippen molar-refractivity contribution in [2.75, 3.05) is 37.5 Å². The van der Waals surface area contributed by atoms with Crippen LogP contribution in [0.3, 0.4) is 0 Å². The van der Waals surface area contributed by atoms with Crippen LogP contribution in [-0.4, -0.2) is 72.7 Å². The molecule has 1 aromatic heterocycles. The molecule has 1 saturated carbocycles. The lowest BCUT2D eigenvalue weighted by Crippen LogP contribution is -2.51. The number of aromatic nitrogens is 2. The van der Waals surface area contributed by atoms with Crippen molar-refractivity contribution in [1.82, 2.24) is 20.6 Å². The van der Waals surface area contributed by atoms with Crippen LogP contribution in [0.25, 0.3) is 11.3 Å².